The highest BCUT2D eigenvalue weighted by Crippen LogP contribution is 2.17. The van der Waals surface area contributed by atoms with Crippen molar-refractivity contribution in [3.63, 3.8) is 0 Å². The average molecular weight is 237 g/mol. The van der Waals surface area contributed by atoms with Crippen LogP contribution in [0.15, 0.2) is 24.3 Å². The van der Waals surface area contributed by atoms with Gasteiger partial charge in [0.05, 0.1) is 0 Å². The Bertz CT molecular complexity index is 350. The van der Waals surface area contributed by atoms with Crippen LogP contribution in [0.2, 0.25) is 0 Å². The van der Waals surface area contributed by atoms with E-state index in [2.05, 4.69) is 12.2 Å². The molecule has 0 radical (unpaired) electrons. The fourth-order valence-electron chi connectivity index (χ4n) is 2.19. The third kappa shape index (κ3) is 3.79. The molecular weight excluding hydrogens is 217 g/mol. The molecule has 1 aliphatic heterocycles. The van der Waals surface area contributed by atoms with E-state index >= 15 is 0 Å². The van der Waals surface area contributed by atoms with E-state index in [0.717, 1.165) is 38.2 Å². The molecule has 1 fully saturated rings. The molecule has 0 saturated carbocycles. The Hall–Kier alpha value is -0.930. The Kier molecular flexibility index (Phi) is 4.51. The van der Waals surface area contributed by atoms with Crippen molar-refractivity contribution in [2.45, 2.75) is 25.8 Å². The highest BCUT2D eigenvalue weighted by molar-refractivity contribution is 5.19. The average Bonchev–Trinajstić information content (AvgIpc) is 2.37. The van der Waals surface area contributed by atoms with Crippen LogP contribution in [0.3, 0.4) is 0 Å². The second-order valence-electron chi connectivity index (χ2n) is 4.74. The number of hydrogen-bond acceptors (Lipinski definition) is 2. The van der Waals surface area contributed by atoms with Gasteiger partial charge in [0, 0.05) is 19.3 Å². The highest BCUT2D eigenvalue weighted by atomic mass is 19.1. The summed E-state index contributed by atoms with van der Waals surface area (Å²) < 4.78 is 18.4. The monoisotopic (exact) mass is 237 g/mol. The smallest absolute Gasteiger partial charge is 0.123 e. The number of rotatable bonds is 4. The summed E-state index contributed by atoms with van der Waals surface area (Å²) in [5, 5.41) is 3.47. The van der Waals surface area contributed by atoms with Crippen molar-refractivity contribution in [3.05, 3.63) is 35.6 Å². The Morgan fingerprint density at radius 2 is 2.18 bits per heavy atom. The van der Waals surface area contributed by atoms with Crippen LogP contribution < -0.4 is 5.32 Å². The second-order valence-corrected chi connectivity index (χ2v) is 4.74. The summed E-state index contributed by atoms with van der Waals surface area (Å²) in [6, 6.07) is 7.01. The largest absolute Gasteiger partial charge is 0.381 e. The number of hydrogen-bond donors (Lipinski definition) is 1. The summed E-state index contributed by atoms with van der Waals surface area (Å²) in [6.45, 7) is 4.82. The highest BCUT2D eigenvalue weighted by Gasteiger charge is 2.15. The van der Waals surface area contributed by atoms with Gasteiger partial charge in [-0.15, -0.1) is 0 Å². The summed E-state index contributed by atoms with van der Waals surface area (Å²) in [5.74, 6) is 0.530. The van der Waals surface area contributed by atoms with Crippen LogP contribution in [0.4, 0.5) is 4.39 Å². The predicted molar refractivity (Wildman–Crippen MR) is 66.4 cm³/mol. The molecule has 1 aliphatic rings. The van der Waals surface area contributed by atoms with Crippen LogP contribution in [-0.4, -0.2) is 19.8 Å². The molecule has 1 aromatic carbocycles. The van der Waals surface area contributed by atoms with Crippen LogP contribution in [-0.2, 0) is 4.74 Å². The van der Waals surface area contributed by atoms with E-state index in [1.165, 1.54) is 6.07 Å². The van der Waals surface area contributed by atoms with Gasteiger partial charge in [-0.3, -0.25) is 0 Å². The number of halogens is 1. The molecule has 0 amide bonds. The van der Waals surface area contributed by atoms with Crippen LogP contribution in [0.25, 0.3) is 0 Å². The van der Waals surface area contributed by atoms with Crippen molar-refractivity contribution >= 4 is 0 Å². The maximum Gasteiger partial charge on any atom is 0.123 e. The SMILES string of the molecule is CC(NCC1CCOCC1)c1cccc(F)c1. The van der Waals surface area contributed by atoms with Crippen molar-refractivity contribution in [1.82, 2.24) is 5.32 Å². The number of benzene rings is 1. The van der Waals surface area contributed by atoms with Crippen LogP contribution in [0.5, 0.6) is 0 Å². The van der Waals surface area contributed by atoms with Gasteiger partial charge >= 0.3 is 0 Å². The first kappa shape index (κ1) is 12.5. The first-order valence-electron chi connectivity index (χ1n) is 6.32. The van der Waals surface area contributed by atoms with E-state index < -0.39 is 0 Å². The van der Waals surface area contributed by atoms with E-state index in [9.17, 15) is 4.39 Å². The summed E-state index contributed by atoms with van der Waals surface area (Å²) >= 11 is 0. The normalized spacial score (nSPS) is 19.2. The molecule has 17 heavy (non-hydrogen) atoms. The molecule has 1 N–H and O–H groups in total. The van der Waals surface area contributed by atoms with E-state index in [4.69, 9.17) is 4.74 Å². The maximum atomic E-state index is 13.1. The van der Waals surface area contributed by atoms with Gasteiger partial charge in [0.1, 0.15) is 5.82 Å². The van der Waals surface area contributed by atoms with Gasteiger partial charge in [0.2, 0.25) is 0 Å². The molecule has 2 rings (SSSR count). The van der Waals surface area contributed by atoms with Gasteiger partial charge < -0.3 is 10.1 Å². The minimum atomic E-state index is -0.165. The molecule has 0 aliphatic carbocycles. The lowest BCUT2D eigenvalue weighted by molar-refractivity contribution is 0.0656. The molecule has 1 unspecified atom stereocenters. The zero-order chi connectivity index (χ0) is 12.1. The van der Waals surface area contributed by atoms with Crippen LogP contribution >= 0.6 is 0 Å². The van der Waals surface area contributed by atoms with Crippen molar-refractivity contribution in [2.24, 2.45) is 5.92 Å². The van der Waals surface area contributed by atoms with E-state index in [0.29, 0.717) is 5.92 Å². The van der Waals surface area contributed by atoms with Crippen molar-refractivity contribution in [2.75, 3.05) is 19.8 Å². The fourth-order valence-corrected chi connectivity index (χ4v) is 2.19. The Morgan fingerprint density at radius 3 is 2.88 bits per heavy atom. The molecule has 3 heteroatoms. The lowest BCUT2D eigenvalue weighted by Crippen LogP contribution is -2.29. The first-order chi connectivity index (χ1) is 8.25. The second kappa shape index (κ2) is 6.12. The van der Waals surface area contributed by atoms with E-state index in [1.54, 1.807) is 12.1 Å². The zero-order valence-electron chi connectivity index (χ0n) is 10.3. The Morgan fingerprint density at radius 1 is 1.41 bits per heavy atom. The standard InChI is InChI=1S/C14H20FNO/c1-11(13-3-2-4-14(15)9-13)16-10-12-5-7-17-8-6-12/h2-4,9,11-12,16H,5-8,10H2,1H3. The Labute approximate surface area is 102 Å². The molecule has 2 nitrogen and oxygen atoms in total. The predicted octanol–water partition coefficient (Wildman–Crippen LogP) is 2.90. The van der Waals surface area contributed by atoms with E-state index in [1.807, 2.05) is 6.07 Å². The molecule has 0 bridgehead atoms. The van der Waals surface area contributed by atoms with Gasteiger partial charge in [0.15, 0.2) is 0 Å². The molecule has 0 aromatic heterocycles. The third-order valence-corrected chi connectivity index (χ3v) is 3.40. The van der Waals surface area contributed by atoms with Crippen LogP contribution in [0, 0.1) is 11.7 Å². The van der Waals surface area contributed by atoms with E-state index in [-0.39, 0.29) is 11.9 Å². The fraction of sp³-hybridized carbons (Fsp3) is 0.571. The lowest BCUT2D eigenvalue weighted by atomic mass is 9.99. The number of nitrogens with one attached hydrogen (secondary N) is 1. The quantitative estimate of drug-likeness (QED) is 0.869. The molecule has 1 saturated heterocycles. The van der Waals surface area contributed by atoms with Gasteiger partial charge in [-0.25, -0.2) is 4.39 Å². The first-order valence-corrected chi connectivity index (χ1v) is 6.32. The van der Waals surface area contributed by atoms with Crippen molar-refractivity contribution < 1.29 is 9.13 Å². The molecule has 94 valence electrons. The molecule has 1 aromatic rings. The van der Waals surface area contributed by atoms with Gasteiger partial charge in [-0.2, -0.15) is 0 Å². The molecular formula is C14H20FNO. The summed E-state index contributed by atoms with van der Waals surface area (Å²) in [5.41, 5.74) is 1.01. The maximum absolute atomic E-state index is 13.1. The van der Waals surface area contributed by atoms with Gasteiger partial charge in [0.25, 0.3) is 0 Å². The van der Waals surface area contributed by atoms with Crippen molar-refractivity contribution in [3.8, 4) is 0 Å². The minimum Gasteiger partial charge on any atom is -0.381 e. The summed E-state index contributed by atoms with van der Waals surface area (Å²) in [6.07, 6.45) is 2.26. The lowest BCUT2D eigenvalue weighted by Gasteiger charge is -2.24. The third-order valence-electron chi connectivity index (χ3n) is 3.40. The molecule has 1 heterocycles. The summed E-state index contributed by atoms with van der Waals surface area (Å²) in [4.78, 5) is 0. The van der Waals surface area contributed by atoms with Crippen LogP contribution in [0.1, 0.15) is 31.4 Å². The summed E-state index contributed by atoms with van der Waals surface area (Å²) in [7, 11) is 0. The van der Waals surface area contributed by atoms with Gasteiger partial charge in [-0.1, -0.05) is 12.1 Å². The zero-order valence-corrected chi connectivity index (χ0v) is 10.3. The van der Waals surface area contributed by atoms with Crippen molar-refractivity contribution in [1.29, 1.82) is 0 Å². The Balaban J connectivity index is 1.82. The molecule has 0 spiro atoms. The van der Waals surface area contributed by atoms with Gasteiger partial charge in [-0.05, 0) is 49.9 Å². The molecule has 1 atom stereocenters. The number of ether oxygens (including phenoxy) is 1. The minimum absolute atomic E-state index is 0.165. The topological polar surface area (TPSA) is 21.3 Å².